The molecule has 0 radical (unpaired) electrons. The Labute approximate surface area is 146 Å². The molecule has 3 amide bonds. The molecule has 2 aliphatic rings. The predicted molar refractivity (Wildman–Crippen MR) is 90.4 cm³/mol. The van der Waals surface area contributed by atoms with Crippen molar-refractivity contribution in [1.82, 2.24) is 10.2 Å². The van der Waals surface area contributed by atoms with Gasteiger partial charge in [-0.25, -0.2) is 0 Å². The molecule has 2 saturated heterocycles. The van der Waals surface area contributed by atoms with E-state index in [0.29, 0.717) is 31.6 Å². The normalized spacial score (nSPS) is 22.3. The van der Waals surface area contributed by atoms with Gasteiger partial charge in [0.1, 0.15) is 0 Å². The highest BCUT2D eigenvalue weighted by molar-refractivity contribution is 5.96. The van der Waals surface area contributed by atoms with Gasteiger partial charge in [-0.2, -0.15) is 5.26 Å². The van der Waals surface area contributed by atoms with Crippen molar-refractivity contribution in [2.75, 3.05) is 31.1 Å². The average Bonchev–Trinajstić information content (AvgIpc) is 3.16. The van der Waals surface area contributed by atoms with Crippen LogP contribution in [0, 0.1) is 16.7 Å². The molecule has 0 bridgehead atoms. The van der Waals surface area contributed by atoms with E-state index < -0.39 is 0 Å². The molecule has 25 heavy (non-hydrogen) atoms. The number of amides is 3. The fraction of sp³-hybridized carbons (Fsp3) is 0.444. The van der Waals surface area contributed by atoms with Crippen molar-refractivity contribution in [1.29, 1.82) is 5.26 Å². The summed E-state index contributed by atoms with van der Waals surface area (Å²) < 4.78 is 0. The van der Waals surface area contributed by atoms with Crippen LogP contribution in [0.25, 0.3) is 0 Å². The van der Waals surface area contributed by atoms with Crippen LogP contribution < -0.4 is 10.2 Å². The first-order chi connectivity index (χ1) is 11.9. The van der Waals surface area contributed by atoms with Crippen LogP contribution in [-0.4, -0.2) is 48.8 Å². The van der Waals surface area contributed by atoms with Gasteiger partial charge in [-0.15, -0.1) is 0 Å². The first-order valence-electron chi connectivity index (χ1n) is 8.25. The molecule has 1 aromatic rings. The van der Waals surface area contributed by atoms with Crippen LogP contribution in [0.4, 0.5) is 5.69 Å². The minimum absolute atomic E-state index is 0.00666. The zero-order chi connectivity index (χ0) is 18.0. The predicted octanol–water partition coefficient (Wildman–Crippen LogP) is 0.650. The highest BCUT2D eigenvalue weighted by Crippen LogP contribution is 2.41. The summed E-state index contributed by atoms with van der Waals surface area (Å²) in [7, 11) is 0. The van der Waals surface area contributed by atoms with Gasteiger partial charge >= 0.3 is 0 Å². The fourth-order valence-electron chi connectivity index (χ4n) is 3.61. The molecule has 7 nitrogen and oxygen atoms in total. The summed E-state index contributed by atoms with van der Waals surface area (Å²) in [5, 5.41) is 11.6. The lowest BCUT2D eigenvalue weighted by atomic mass is 9.86. The van der Waals surface area contributed by atoms with Gasteiger partial charge in [0.15, 0.2) is 0 Å². The minimum Gasteiger partial charge on any atom is -0.347 e. The molecule has 1 aromatic carbocycles. The second-order valence-corrected chi connectivity index (χ2v) is 6.79. The topological polar surface area (TPSA) is 93.5 Å². The number of nitriles is 1. The molecule has 0 unspecified atom stereocenters. The van der Waals surface area contributed by atoms with Gasteiger partial charge in [-0.3, -0.25) is 14.4 Å². The number of nitrogens with one attached hydrogen (secondary N) is 1. The minimum atomic E-state index is -0.244. The Morgan fingerprint density at radius 1 is 1.36 bits per heavy atom. The molecule has 2 heterocycles. The number of rotatable bonds is 3. The Hall–Kier alpha value is -2.88. The molecule has 2 aliphatic heterocycles. The third-order valence-electron chi connectivity index (χ3n) is 4.89. The lowest BCUT2D eigenvalue weighted by Gasteiger charge is -2.24. The number of carbonyl (C=O) groups excluding carboxylic acids is 3. The second kappa shape index (κ2) is 6.55. The Morgan fingerprint density at radius 2 is 2.16 bits per heavy atom. The average molecular weight is 340 g/mol. The van der Waals surface area contributed by atoms with Gasteiger partial charge in [0.25, 0.3) is 0 Å². The molecule has 0 saturated carbocycles. The Bertz CT molecular complexity index is 770. The van der Waals surface area contributed by atoms with E-state index in [2.05, 4.69) is 11.4 Å². The van der Waals surface area contributed by atoms with Crippen molar-refractivity contribution < 1.29 is 14.4 Å². The van der Waals surface area contributed by atoms with Crippen molar-refractivity contribution in [3.63, 3.8) is 0 Å². The van der Waals surface area contributed by atoms with E-state index in [1.165, 1.54) is 6.92 Å². The van der Waals surface area contributed by atoms with Crippen LogP contribution in [0.1, 0.15) is 25.3 Å². The van der Waals surface area contributed by atoms with E-state index in [4.69, 9.17) is 5.26 Å². The Balaban J connectivity index is 1.69. The van der Waals surface area contributed by atoms with Crippen LogP contribution in [0.3, 0.4) is 0 Å². The van der Waals surface area contributed by atoms with E-state index in [-0.39, 0.29) is 29.7 Å². The van der Waals surface area contributed by atoms with E-state index >= 15 is 0 Å². The van der Waals surface area contributed by atoms with Crippen LogP contribution in [-0.2, 0) is 14.4 Å². The van der Waals surface area contributed by atoms with E-state index in [0.717, 1.165) is 12.1 Å². The molecule has 0 aromatic heterocycles. The number of hydrogen-bond donors (Lipinski definition) is 1. The highest BCUT2D eigenvalue weighted by atomic mass is 16.2. The number of carbonyl (C=O) groups is 3. The quantitative estimate of drug-likeness (QED) is 0.874. The van der Waals surface area contributed by atoms with Crippen LogP contribution in [0.5, 0.6) is 0 Å². The first-order valence-corrected chi connectivity index (χ1v) is 8.25. The largest absolute Gasteiger partial charge is 0.347 e. The maximum absolute atomic E-state index is 12.5. The zero-order valence-corrected chi connectivity index (χ0v) is 14.1. The van der Waals surface area contributed by atoms with Gasteiger partial charge in [0.05, 0.1) is 18.2 Å². The van der Waals surface area contributed by atoms with Crippen molar-refractivity contribution >= 4 is 23.4 Å². The molecule has 7 heteroatoms. The molecular weight excluding hydrogens is 320 g/mol. The molecule has 2 fully saturated rings. The molecule has 3 rings (SSSR count). The first kappa shape index (κ1) is 17.0. The number of nitrogens with zero attached hydrogens (tertiary/aromatic N) is 3. The summed E-state index contributed by atoms with van der Waals surface area (Å²) in [5.41, 5.74) is 1.000. The number of benzene rings is 1. The maximum Gasteiger partial charge on any atom is 0.241 e. The van der Waals surface area contributed by atoms with E-state index in [1.807, 2.05) is 6.07 Å². The lowest BCUT2D eigenvalue weighted by Crippen LogP contribution is -2.40. The van der Waals surface area contributed by atoms with Crippen LogP contribution in [0.2, 0.25) is 0 Å². The van der Waals surface area contributed by atoms with Gasteiger partial charge < -0.3 is 15.1 Å². The summed E-state index contributed by atoms with van der Waals surface area (Å²) in [6.07, 6.45) is 1.16. The molecular formula is C18H20N4O3. The third-order valence-corrected chi connectivity index (χ3v) is 4.89. The SMILES string of the molecule is CC(=O)NCC(=O)N1CC[C@]2(CC(=O)N(c3cccc(C#N)c3)C2)C1. The standard InChI is InChI=1S/C18H20N4O3/c1-13(23)20-10-17(25)21-6-5-18(11-21)8-16(24)22(12-18)15-4-2-3-14(7-15)9-19/h2-4,7H,5-6,8,10-12H2,1H3,(H,20,23)/t18-/m0/s1. The highest BCUT2D eigenvalue weighted by Gasteiger charge is 2.48. The van der Waals surface area contributed by atoms with E-state index in [9.17, 15) is 14.4 Å². The van der Waals surface area contributed by atoms with Gasteiger partial charge in [-0.05, 0) is 24.6 Å². The smallest absolute Gasteiger partial charge is 0.241 e. The monoisotopic (exact) mass is 340 g/mol. The second-order valence-electron chi connectivity index (χ2n) is 6.79. The summed E-state index contributed by atoms with van der Waals surface area (Å²) in [4.78, 5) is 39.1. The summed E-state index contributed by atoms with van der Waals surface area (Å²) in [6.45, 7) is 3.03. The summed E-state index contributed by atoms with van der Waals surface area (Å²) in [6, 6.07) is 9.10. The number of hydrogen-bond acceptors (Lipinski definition) is 4. The molecule has 1 spiro atoms. The van der Waals surface area contributed by atoms with Gasteiger partial charge in [0, 0.05) is 44.1 Å². The van der Waals surface area contributed by atoms with Gasteiger partial charge in [-0.1, -0.05) is 6.07 Å². The fourth-order valence-corrected chi connectivity index (χ4v) is 3.61. The lowest BCUT2D eigenvalue weighted by molar-refractivity contribution is -0.132. The van der Waals surface area contributed by atoms with Crippen LogP contribution >= 0.6 is 0 Å². The maximum atomic E-state index is 12.5. The van der Waals surface area contributed by atoms with E-state index in [1.54, 1.807) is 28.0 Å². The van der Waals surface area contributed by atoms with Crippen molar-refractivity contribution in [2.45, 2.75) is 19.8 Å². The van der Waals surface area contributed by atoms with Crippen LogP contribution in [0.15, 0.2) is 24.3 Å². The van der Waals surface area contributed by atoms with Crippen molar-refractivity contribution in [3.05, 3.63) is 29.8 Å². The molecule has 1 N–H and O–H groups in total. The van der Waals surface area contributed by atoms with Crippen molar-refractivity contribution in [2.24, 2.45) is 5.41 Å². The zero-order valence-electron chi connectivity index (χ0n) is 14.1. The number of likely N-dealkylation sites (tertiary alicyclic amines) is 1. The molecule has 0 aliphatic carbocycles. The Kier molecular flexibility index (Phi) is 4.45. The summed E-state index contributed by atoms with van der Waals surface area (Å²) in [5.74, 6) is -0.336. The summed E-state index contributed by atoms with van der Waals surface area (Å²) >= 11 is 0. The van der Waals surface area contributed by atoms with Crippen molar-refractivity contribution in [3.8, 4) is 6.07 Å². The number of anilines is 1. The molecule has 1 atom stereocenters. The third kappa shape index (κ3) is 3.48. The van der Waals surface area contributed by atoms with Gasteiger partial charge in [0.2, 0.25) is 17.7 Å². The molecule has 130 valence electrons. The Morgan fingerprint density at radius 3 is 2.88 bits per heavy atom.